The van der Waals surface area contributed by atoms with Crippen molar-refractivity contribution in [2.24, 2.45) is 5.84 Å². The summed E-state index contributed by atoms with van der Waals surface area (Å²) in [6.45, 7) is 4.28. The molecule has 0 saturated carbocycles. The molecule has 4 heteroatoms. The largest absolute Gasteiger partial charge is 0.271 e. The van der Waals surface area contributed by atoms with Crippen molar-refractivity contribution < 1.29 is 4.39 Å². The lowest BCUT2D eigenvalue weighted by Gasteiger charge is -2.34. The van der Waals surface area contributed by atoms with E-state index in [2.05, 4.69) is 47.3 Å². The Hall–Kier alpha value is -1.23. The van der Waals surface area contributed by atoms with Crippen molar-refractivity contribution in [2.75, 3.05) is 0 Å². The maximum absolute atomic E-state index is 13.5. The van der Waals surface area contributed by atoms with Gasteiger partial charge in [0.05, 0.1) is 0 Å². The van der Waals surface area contributed by atoms with Crippen LogP contribution < -0.4 is 11.3 Å². The molecule has 2 rings (SSSR count). The second-order valence-corrected chi connectivity index (χ2v) is 6.70. The van der Waals surface area contributed by atoms with Crippen molar-refractivity contribution in [1.82, 2.24) is 5.43 Å². The first-order valence-electron chi connectivity index (χ1n) is 6.90. The number of rotatable bonds is 5. The first-order chi connectivity index (χ1) is 9.93. The second-order valence-electron chi connectivity index (χ2n) is 5.79. The Balaban J connectivity index is 2.27. The Morgan fingerprint density at radius 2 is 1.86 bits per heavy atom. The molecule has 1 unspecified atom stereocenters. The third-order valence-corrected chi connectivity index (χ3v) is 4.41. The molecule has 0 amide bonds. The molecular formula is C17H20BrFN2. The maximum atomic E-state index is 13.5. The summed E-state index contributed by atoms with van der Waals surface area (Å²) in [6.07, 6.45) is 0.648. The zero-order valence-electron chi connectivity index (χ0n) is 12.2. The van der Waals surface area contributed by atoms with E-state index in [1.54, 1.807) is 6.07 Å². The van der Waals surface area contributed by atoms with Gasteiger partial charge >= 0.3 is 0 Å². The van der Waals surface area contributed by atoms with Gasteiger partial charge < -0.3 is 0 Å². The van der Waals surface area contributed by atoms with E-state index in [4.69, 9.17) is 5.84 Å². The van der Waals surface area contributed by atoms with Crippen LogP contribution in [0.15, 0.2) is 53.0 Å². The molecule has 0 heterocycles. The lowest BCUT2D eigenvalue weighted by molar-refractivity contribution is 0.341. The van der Waals surface area contributed by atoms with Crippen LogP contribution in [0.4, 0.5) is 4.39 Å². The van der Waals surface area contributed by atoms with E-state index in [1.165, 1.54) is 11.6 Å². The molecule has 2 aromatic carbocycles. The van der Waals surface area contributed by atoms with Gasteiger partial charge in [0.25, 0.3) is 0 Å². The van der Waals surface area contributed by atoms with Crippen LogP contribution in [0.25, 0.3) is 0 Å². The van der Waals surface area contributed by atoms with Gasteiger partial charge in [-0.05, 0) is 35.7 Å². The molecule has 21 heavy (non-hydrogen) atoms. The molecular weight excluding hydrogens is 331 g/mol. The fourth-order valence-corrected chi connectivity index (χ4v) is 3.07. The minimum Gasteiger partial charge on any atom is -0.271 e. The summed E-state index contributed by atoms with van der Waals surface area (Å²) < 4.78 is 14.3. The summed E-state index contributed by atoms with van der Waals surface area (Å²) in [5, 5.41) is 0. The van der Waals surface area contributed by atoms with Crippen LogP contribution in [0.3, 0.4) is 0 Å². The highest BCUT2D eigenvalue weighted by molar-refractivity contribution is 9.10. The fourth-order valence-electron chi connectivity index (χ4n) is 2.56. The summed E-state index contributed by atoms with van der Waals surface area (Å²) >= 11 is 3.33. The van der Waals surface area contributed by atoms with Gasteiger partial charge in [-0.3, -0.25) is 11.3 Å². The highest BCUT2D eigenvalue weighted by Crippen LogP contribution is 2.29. The normalized spacial score (nSPS) is 13.2. The summed E-state index contributed by atoms with van der Waals surface area (Å²) in [7, 11) is 0. The number of nitrogens with two attached hydrogens (primary N) is 1. The highest BCUT2D eigenvalue weighted by atomic mass is 79.9. The van der Waals surface area contributed by atoms with Crippen LogP contribution in [-0.2, 0) is 11.8 Å². The summed E-state index contributed by atoms with van der Waals surface area (Å²) in [5.41, 5.74) is 4.83. The average Bonchev–Trinajstić information content (AvgIpc) is 2.44. The number of hydrogen-bond acceptors (Lipinski definition) is 2. The monoisotopic (exact) mass is 350 g/mol. The van der Waals surface area contributed by atoms with Gasteiger partial charge in [0.15, 0.2) is 0 Å². The SMILES string of the molecule is CC(C)(c1ccccc1)C(Cc1cc(F)cc(Br)c1)NN. The lowest BCUT2D eigenvalue weighted by Crippen LogP contribution is -2.49. The Morgan fingerprint density at radius 1 is 1.19 bits per heavy atom. The fraction of sp³-hybridized carbons (Fsp3) is 0.294. The minimum atomic E-state index is -0.243. The summed E-state index contributed by atoms with van der Waals surface area (Å²) in [6, 6.07) is 15.1. The molecule has 2 aromatic rings. The molecule has 0 spiro atoms. The molecule has 0 aromatic heterocycles. The van der Waals surface area contributed by atoms with Crippen LogP contribution in [0.1, 0.15) is 25.0 Å². The number of halogens is 2. The van der Waals surface area contributed by atoms with Gasteiger partial charge in [-0.15, -0.1) is 0 Å². The molecule has 2 nitrogen and oxygen atoms in total. The number of nitrogens with one attached hydrogen (secondary N) is 1. The van der Waals surface area contributed by atoms with Gasteiger partial charge in [-0.2, -0.15) is 0 Å². The molecule has 1 atom stereocenters. The van der Waals surface area contributed by atoms with Gasteiger partial charge in [-0.1, -0.05) is 60.1 Å². The maximum Gasteiger partial charge on any atom is 0.124 e. The van der Waals surface area contributed by atoms with E-state index in [1.807, 2.05) is 24.3 Å². The molecule has 3 N–H and O–H groups in total. The van der Waals surface area contributed by atoms with Crippen LogP contribution in [-0.4, -0.2) is 6.04 Å². The lowest BCUT2D eigenvalue weighted by atomic mass is 9.76. The molecule has 112 valence electrons. The summed E-state index contributed by atoms with van der Waals surface area (Å²) in [4.78, 5) is 0. The number of hydrazine groups is 1. The van der Waals surface area contributed by atoms with Crippen molar-refractivity contribution in [1.29, 1.82) is 0 Å². The van der Waals surface area contributed by atoms with Gasteiger partial charge in [0.2, 0.25) is 0 Å². The van der Waals surface area contributed by atoms with E-state index >= 15 is 0 Å². The zero-order valence-corrected chi connectivity index (χ0v) is 13.8. The first-order valence-corrected chi connectivity index (χ1v) is 7.69. The molecule has 0 saturated heterocycles. The van der Waals surface area contributed by atoms with Crippen LogP contribution >= 0.6 is 15.9 Å². The molecule has 0 aliphatic heterocycles. The van der Waals surface area contributed by atoms with Crippen molar-refractivity contribution in [3.05, 3.63) is 69.9 Å². The van der Waals surface area contributed by atoms with E-state index in [0.29, 0.717) is 6.42 Å². The molecule has 0 bridgehead atoms. The Bertz CT molecular complexity index is 579. The van der Waals surface area contributed by atoms with E-state index in [9.17, 15) is 4.39 Å². The third kappa shape index (κ3) is 3.90. The molecule has 0 aliphatic rings. The van der Waals surface area contributed by atoms with E-state index in [-0.39, 0.29) is 17.3 Å². The molecule has 0 radical (unpaired) electrons. The van der Waals surface area contributed by atoms with Gasteiger partial charge in [0.1, 0.15) is 5.82 Å². The Kier molecular flexibility index (Phi) is 5.14. The minimum absolute atomic E-state index is 0.00593. The van der Waals surface area contributed by atoms with Crippen molar-refractivity contribution in [3.8, 4) is 0 Å². The van der Waals surface area contributed by atoms with Gasteiger partial charge in [0, 0.05) is 15.9 Å². The second kappa shape index (κ2) is 6.69. The molecule has 0 fully saturated rings. The van der Waals surface area contributed by atoms with Crippen molar-refractivity contribution in [2.45, 2.75) is 31.7 Å². The van der Waals surface area contributed by atoms with Crippen molar-refractivity contribution >= 4 is 15.9 Å². The predicted molar refractivity (Wildman–Crippen MR) is 88.4 cm³/mol. The Labute approximate surface area is 133 Å². The Morgan fingerprint density at radius 3 is 2.43 bits per heavy atom. The third-order valence-electron chi connectivity index (χ3n) is 3.95. The van der Waals surface area contributed by atoms with E-state index < -0.39 is 0 Å². The van der Waals surface area contributed by atoms with Crippen LogP contribution in [0.2, 0.25) is 0 Å². The molecule has 0 aliphatic carbocycles. The van der Waals surface area contributed by atoms with Crippen LogP contribution in [0, 0.1) is 5.82 Å². The first kappa shape index (κ1) is 16.1. The number of hydrogen-bond donors (Lipinski definition) is 2. The van der Waals surface area contributed by atoms with E-state index in [0.717, 1.165) is 10.0 Å². The smallest absolute Gasteiger partial charge is 0.124 e. The van der Waals surface area contributed by atoms with Gasteiger partial charge in [-0.25, -0.2) is 4.39 Å². The quantitative estimate of drug-likeness (QED) is 0.633. The van der Waals surface area contributed by atoms with Crippen molar-refractivity contribution in [3.63, 3.8) is 0 Å². The summed E-state index contributed by atoms with van der Waals surface area (Å²) in [5.74, 6) is 5.52. The zero-order chi connectivity index (χ0) is 15.5. The predicted octanol–water partition coefficient (Wildman–Crippen LogP) is 3.94. The highest BCUT2D eigenvalue weighted by Gasteiger charge is 2.30. The van der Waals surface area contributed by atoms with Crippen LogP contribution in [0.5, 0.6) is 0 Å². The average molecular weight is 351 g/mol. The standard InChI is InChI=1S/C17H20BrFN2/c1-17(2,13-6-4-3-5-7-13)16(21-20)10-12-8-14(18)11-15(19)9-12/h3-9,11,16,21H,10,20H2,1-2H3. The number of benzene rings is 2. The topological polar surface area (TPSA) is 38.0 Å².